The molecular weight excluding hydrogens is 769 g/mol. The van der Waals surface area contributed by atoms with Gasteiger partial charge in [-0.2, -0.15) is 0 Å². The molecule has 0 radical (unpaired) electrons. The van der Waals surface area contributed by atoms with E-state index in [4.69, 9.17) is 0 Å². The van der Waals surface area contributed by atoms with Crippen LogP contribution in [0.25, 0.3) is 22.3 Å². The molecule has 3 heterocycles. The van der Waals surface area contributed by atoms with Crippen LogP contribution in [0, 0.1) is 0 Å². The highest BCUT2D eigenvalue weighted by atomic mass is 32.2. The molecule has 61 heavy (non-hydrogen) atoms. The van der Waals surface area contributed by atoms with Crippen LogP contribution in [0.5, 0.6) is 0 Å². The first-order valence-corrected chi connectivity index (χ1v) is 22.2. The number of benzene rings is 8. The van der Waals surface area contributed by atoms with Crippen molar-refractivity contribution >= 4 is 49.7 Å². The van der Waals surface area contributed by atoms with Gasteiger partial charge in [0.05, 0.1) is 32.5 Å². The summed E-state index contributed by atoms with van der Waals surface area (Å²) in [6.45, 7) is 9.09. The molecule has 3 aliphatic rings. The third-order valence-corrected chi connectivity index (χ3v) is 15.1. The summed E-state index contributed by atoms with van der Waals surface area (Å²) in [5.74, 6) is -0.301. The van der Waals surface area contributed by atoms with Crippen molar-refractivity contribution in [3.05, 3.63) is 215 Å². The monoisotopic (exact) mass is 810 g/mol. The average molecular weight is 811 g/mol. The molecule has 3 aliphatic heterocycles. The number of sulfone groups is 1. The van der Waals surface area contributed by atoms with Crippen LogP contribution in [0.2, 0.25) is 0 Å². The Bertz CT molecular complexity index is 2930. The van der Waals surface area contributed by atoms with E-state index < -0.39 is 9.84 Å². The Balaban J connectivity index is 0.917. The van der Waals surface area contributed by atoms with E-state index in [1.807, 2.05) is 24.3 Å². The first-order valence-electron chi connectivity index (χ1n) is 20.7. The number of hydrogen-bond acceptors (Lipinski definition) is 5. The van der Waals surface area contributed by atoms with Gasteiger partial charge in [-0.1, -0.05) is 137 Å². The lowest BCUT2D eigenvalue weighted by molar-refractivity contribution is 0.103. The second kappa shape index (κ2) is 13.2. The van der Waals surface area contributed by atoms with Crippen molar-refractivity contribution in [3.8, 4) is 22.3 Å². The zero-order valence-electron chi connectivity index (χ0n) is 34.3. The fourth-order valence-corrected chi connectivity index (χ4v) is 11.6. The van der Waals surface area contributed by atoms with Gasteiger partial charge in [0.15, 0.2) is 5.78 Å². The van der Waals surface area contributed by atoms with Crippen molar-refractivity contribution in [1.29, 1.82) is 0 Å². The zero-order valence-corrected chi connectivity index (χ0v) is 35.2. The second-order valence-electron chi connectivity index (χ2n) is 17.3. The second-order valence-corrected chi connectivity index (χ2v) is 19.2. The van der Waals surface area contributed by atoms with E-state index >= 15 is 0 Å². The smallest absolute Gasteiger partial charge is 0.208 e. The van der Waals surface area contributed by atoms with Crippen LogP contribution in [0.3, 0.4) is 0 Å². The average Bonchev–Trinajstić information content (AvgIpc) is 3.29. The Kier molecular flexibility index (Phi) is 8.03. The molecule has 11 rings (SSSR count). The minimum absolute atomic E-state index is 0.0388. The fourth-order valence-electron chi connectivity index (χ4n) is 10.0. The SMILES string of the molecule is CC1(C)c2ccccc2N(c2ccc(-c3ccc4c(c3)C(=O)c3cc(-c5ccc(N6c7ccccc7C(C)(C)c7ccccc76)cc5)ccc3S4(=O)=O)cc2)c2ccccc21. The molecule has 0 aliphatic carbocycles. The van der Waals surface area contributed by atoms with Crippen LogP contribution in [0.4, 0.5) is 34.1 Å². The number of fused-ring (bicyclic) bond motifs is 6. The first kappa shape index (κ1) is 37.0. The van der Waals surface area contributed by atoms with Crippen molar-refractivity contribution in [2.24, 2.45) is 0 Å². The molecule has 0 saturated heterocycles. The standard InChI is InChI=1S/C55H42N2O3S/c1-54(2)43-13-5-9-17-47(43)56(48-18-10-6-14-44(48)54)39-27-21-35(22-28-39)37-25-31-51-41(33-37)53(58)42-34-38(26-32-52(42)61(51,59)60)36-23-29-40(30-24-36)57-49-19-11-7-15-45(49)55(3,4)46-16-8-12-20-50(46)57/h5-34H,1-4H3. The van der Waals surface area contributed by atoms with Crippen molar-refractivity contribution < 1.29 is 13.2 Å². The number of carbonyl (C=O) groups is 1. The zero-order chi connectivity index (χ0) is 41.8. The summed E-state index contributed by atoms with van der Waals surface area (Å²) >= 11 is 0. The highest BCUT2D eigenvalue weighted by molar-refractivity contribution is 7.91. The molecule has 0 aromatic heterocycles. The highest BCUT2D eigenvalue weighted by Crippen LogP contribution is 2.53. The van der Waals surface area contributed by atoms with Crippen LogP contribution in [-0.4, -0.2) is 14.2 Å². The molecule has 8 aromatic carbocycles. The molecule has 5 nitrogen and oxygen atoms in total. The lowest BCUT2D eigenvalue weighted by atomic mass is 9.73. The number of hydrogen-bond donors (Lipinski definition) is 0. The largest absolute Gasteiger partial charge is 0.310 e. The van der Waals surface area contributed by atoms with Gasteiger partial charge >= 0.3 is 0 Å². The Hall–Kier alpha value is -7.02. The van der Waals surface area contributed by atoms with E-state index in [1.165, 1.54) is 22.3 Å². The number of rotatable bonds is 4. The van der Waals surface area contributed by atoms with E-state index in [-0.39, 0.29) is 37.5 Å². The Morgan fingerprint density at radius 2 is 0.672 bits per heavy atom. The highest BCUT2D eigenvalue weighted by Gasteiger charge is 2.39. The molecule has 0 spiro atoms. The number of carbonyl (C=O) groups excluding carboxylic acids is 1. The molecule has 0 N–H and O–H groups in total. The third kappa shape index (κ3) is 5.45. The fraction of sp³-hybridized carbons (Fsp3) is 0.109. The minimum atomic E-state index is -3.94. The van der Waals surface area contributed by atoms with Gasteiger partial charge in [0.2, 0.25) is 9.84 Å². The lowest BCUT2D eigenvalue weighted by Crippen LogP contribution is -2.30. The van der Waals surface area contributed by atoms with Crippen LogP contribution in [-0.2, 0) is 20.7 Å². The summed E-state index contributed by atoms with van der Waals surface area (Å²) in [5, 5.41) is 0. The summed E-state index contributed by atoms with van der Waals surface area (Å²) < 4.78 is 28.2. The normalized spacial score (nSPS) is 16.0. The number of nitrogens with zero attached hydrogens (tertiary/aromatic N) is 2. The van der Waals surface area contributed by atoms with Crippen LogP contribution >= 0.6 is 0 Å². The molecule has 0 unspecified atom stereocenters. The summed E-state index contributed by atoms with van der Waals surface area (Å²) in [4.78, 5) is 19.1. The van der Waals surface area contributed by atoms with Crippen molar-refractivity contribution in [2.75, 3.05) is 9.80 Å². The maximum Gasteiger partial charge on any atom is 0.208 e. The van der Waals surface area contributed by atoms with Gasteiger partial charge in [-0.15, -0.1) is 0 Å². The molecule has 6 heteroatoms. The van der Waals surface area contributed by atoms with Gasteiger partial charge in [-0.05, 0) is 117 Å². The Morgan fingerprint density at radius 3 is 1.00 bits per heavy atom. The van der Waals surface area contributed by atoms with Gasteiger partial charge in [0.1, 0.15) is 0 Å². The van der Waals surface area contributed by atoms with Gasteiger partial charge < -0.3 is 9.80 Å². The molecular formula is C55H42N2O3S. The quantitative estimate of drug-likeness (QED) is 0.177. The summed E-state index contributed by atoms with van der Waals surface area (Å²) in [5.41, 5.74) is 15.0. The van der Waals surface area contributed by atoms with Crippen LogP contribution < -0.4 is 9.80 Å². The Labute approximate surface area is 357 Å². The van der Waals surface area contributed by atoms with Gasteiger partial charge in [0.25, 0.3) is 0 Å². The maximum absolute atomic E-state index is 14.4. The van der Waals surface area contributed by atoms with Crippen molar-refractivity contribution in [1.82, 2.24) is 0 Å². The van der Waals surface area contributed by atoms with E-state index in [2.05, 4.69) is 159 Å². The summed E-state index contributed by atoms with van der Waals surface area (Å²) in [7, 11) is -3.94. The first-order chi connectivity index (χ1) is 29.4. The van der Waals surface area contributed by atoms with Gasteiger partial charge in [0, 0.05) is 33.3 Å². The number of ketones is 1. The van der Waals surface area contributed by atoms with E-state index in [0.717, 1.165) is 56.4 Å². The van der Waals surface area contributed by atoms with Crippen molar-refractivity contribution in [3.63, 3.8) is 0 Å². The topological polar surface area (TPSA) is 57.7 Å². The van der Waals surface area contributed by atoms with E-state index in [9.17, 15) is 13.2 Å². The maximum atomic E-state index is 14.4. The van der Waals surface area contributed by atoms with Crippen molar-refractivity contribution in [2.45, 2.75) is 48.3 Å². The molecule has 8 aromatic rings. The molecule has 296 valence electrons. The van der Waals surface area contributed by atoms with E-state index in [0.29, 0.717) is 0 Å². The molecule has 0 atom stereocenters. The predicted octanol–water partition coefficient (Wildman–Crippen LogP) is 13.6. The molecule has 0 bridgehead atoms. The summed E-state index contributed by atoms with van der Waals surface area (Å²) in [6.07, 6.45) is 0. The molecule has 0 fully saturated rings. The van der Waals surface area contributed by atoms with E-state index in [1.54, 1.807) is 36.4 Å². The van der Waals surface area contributed by atoms with Crippen LogP contribution in [0.15, 0.2) is 192 Å². The summed E-state index contributed by atoms with van der Waals surface area (Å²) in [6, 6.07) is 61.0. The number of para-hydroxylation sites is 4. The Morgan fingerprint density at radius 1 is 0.377 bits per heavy atom. The lowest BCUT2D eigenvalue weighted by Gasteiger charge is -2.42. The van der Waals surface area contributed by atoms with Gasteiger partial charge in [-0.3, -0.25) is 4.79 Å². The molecule has 0 saturated carbocycles. The minimum Gasteiger partial charge on any atom is -0.310 e. The predicted molar refractivity (Wildman–Crippen MR) is 246 cm³/mol. The third-order valence-electron chi connectivity index (χ3n) is 13.2. The van der Waals surface area contributed by atoms with Gasteiger partial charge in [-0.25, -0.2) is 8.42 Å². The molecule has 0 amide bonds. The number of anilines is 6. The van der Waals surface area contributed by atoms with Crippen LogP contribution in [0.1, 0.15) is 65.9 Å².